The molecule has 218 valence electrons. The molecule has 2 fully saturated rings. The van der Waals surface area contributed by atoms with Gasteiger partial charge in [0.2, 0.25) is 5.91 Å². The molecule has 0 spiro atoms. The van der Waals surface area contributed by atoms with Gasteiger partial charge in [-0.2, -0.15) is 0 Å². The van der Waals surface area contributed by atoms with Crippen molar-refractivity contribution in [2.24, 2.45) is 16.8 Å². The number of nitrogens with zero attached hydrogens (tertiary/aromatic N) is 4. The summed E-state index contributed by atoms with van der Waals surface area (Å²) in [5.41, 5.74) is 4.65. The lowest BCUT2D eigenvalue weighted by Crippen LogP contribution is -2.44. The highest BCUT2D eigenvalue weighted by Crippen LogP contribution is 2.37. The second kappa shape index (κ2) is 11.9. The Balaban J connectivity index is 1.23. The zero-order chi connectivity index (χ0) is 29.4. The number of amidine groups is 1. The van der Waals surface area contributed by atoms with E-state index in [4.69, 9.17) is 4.99 Å². The summed E-state index contributed by atoms with van der Waals surface area (Å²) in [6.45, 7) is 8.82. The summed E-state index contributed by atoms with van der Waals surface area (Å²) in [5, 5.41) is 5.99. The predicted molar refractivity (Wildman–Crippen MR) is 164 cm³/mol. The molecule has 1 aromatic heterocycles. The number of aliphatic imine (C=N–C) groups is 1. The third-order valence-corrected chi connectivity index (χ3v) is 9.90. The van der Waals surface area contributed by atoms with Gasteiger partial charge in [0.25, 0.3) is 0 Å². The first-order chi connectivity index (χ1) is 20.4. The highest BCUT2D eigenvalue weighted by molar-refractivity contribution is 7.11. The molecule has 3 unspecified atom stereocenters. The number of hydrogen-bond donors (Lipinski definition) is 1. The Bertz CT molecular complexity index is 1530. The Hall–Kier alpha value is -3.69. The maximum Gasteiger partial charge on any atom is 0.230 e. The fraction of sp³-hybridized carbons (Fsp3) is 0.394. The lowest BCUT2D eigenvalue weighted by Gasteiger charge is -2.35. The number of nitrogens with one attached hydrogen (secondary N) is 1. The summed E-state index contributed by atoms with van der Waals surface area (Å²) >= 11 is 1.46. The Morgan fingerprint density at radius 2 is 2.00 bits per heavy atom. The van der Waals surface area contributed by atoms with Crippen LogP contribution in [0, 0.1) is 24.6 Å². The molecule has 1 amide bonds. The van der Waals surface area contributed by atoms with Crippen molar-refractivity contribution in [2.75, 3.05) is 31.1 Å². The van der Waals surface area contributed by atoms with E-state index in [1.165, 1.54) is 23.0 Å². The summed E-state index contributed by atoms with van der Waals surface area (Å²) in [5.74, 6) is 1.17. The molecular formula is C33H36FN5O2S. The number of benzene rings is 2. The molecular weight excluding hydrogens is 549 g/mol. The number of likely N-dealkylation sites (tertiary alicyclic amines) is 1. The van der Waals surface area contributed by atoms with Crippen LogP contribution in [0.3, 0.4) is 0 Å². The molecule has 0 aliphatic carbocycles. The van der Waals surface area contributed by atoms with Crippen LogP contribution in [0.15, 0.2) is 70.3 Å². The number of rotatable bonds is 8. The number of aromatic nitrogens is 1. The topological polar surface area (TPSA) is 77.9 Å². The van der Waals surface area contributed by atoms with E-state index < -0.39 is 6.04 Å². The Kier molecular flexibility index (Phi) is 8.05. The molecule has 7 nitrogen and oxygen atoms in total. The van der Waals surface area contributed by atoms with Gasteiger partial charge in [0.05, 0.1) is 0 Å². The van der Waals surface area contributed by atoms with Crippen molar-refractivity contribution in [3.05, 3.63) is 92.8 Å². The smallest absolute Gasteiger partial charge is 0.230 e. The third kappa shape index (κ3) is 5.31. The van der Waals surface area contributed by atoms with Gasteiger partial charge in [-0.15, -0.1) is 11.3 Å². The molecule has 2 aromatic carbocycles. The number of anilines is 1. The number of carbonyl (C=O) groups is 2. The monoisotopic (exact) mass is 585 g/mol. The van der Waals surface area contributed by atoms with Gasteiger partial charge in [-0.05, 0) is 67.1 Å². The van der Waals surface area contributed by atoms with Gasteiger partial charge in [-0.1, -0.05) is 38.1 Å². The molecule has 1 N–H and O–H groups in total. The molecule has 4 atom stereocenters. The fourth-order valence-corrected chi connectivity index (χ4v) is 7.03. The van der Waals surface area contributed by atoms with Crippen LogP contribution in [0.4, 0.5) is 10.1 Å². The van der Waals surface area contributed by atoms with Gasteiger partial charge in [0.15, 0.2) is 10.8 Å². The average molecular weight is 586 g/mol. The number of piperidine rings is 1. The van der Waals surface area contributed by atoms with Gasteiger partial charge in [0, 0.05) is 60.0 Å². The van der Waals surface area contributed by atoms with Crippen LogP contribution in [0.2, 0.25) is 0 Å². The third-order valence-electron chi connectivity index (χ3n) is 9.12. The van der Waals surface area contributed by atoms with Crippen LogP contribution < -0.4 is 10.2 Å². The highest BCUT2D eigenvalue weighted by Gasteiger charge is 2.44. The van der Waals surface area contributed by atoms with E-state index in [0.717, 1.165) is 43.6 Å². The number of thiazole rings is 1. The number of halogens is 1. The zero-order valence-corrected chi connectivity index (χ0v) is 25.0. The maximum atomic E-state index is 14.6. The van der Waals surface area contributed by atoms with Crippen LogP contribution in [0.1, 0.15) is 60.3 Å². The van der Waals surface area contributed by atoms with Crippen molar-refractivity contribution in [3.8, 4) is 0 Å². The number of amides is 1. The fourth-order valence-electron chi connectivity index (χ4n) is 6.44. The molecule has 3 aliphatic rings. The Morgan fingerprint density at radius 3 is 2.71 bits per heavy atom. The van der Waals surface area contributed by atoms with E-state index in [-0.39, 0.29) is 23.6 Å². The molecule has 6 rings (SSSR count). The molecule has 9 heteroatoms. The number of carbonyl (C=O) groups excluding carboxylic acids is 2. The second-order valence-electron chi connectivity index (χ2n) is 11.6. The van der Waals surface area contributed by atoms with Crippen molar-refractivity contribution >= 4 is 35.1 Å². The largest absolute Gasteiger partial charge is 0.340 e. The number of fused-ring (bicyclic) bond motifs is 1. The molecule has 0 radical (unpaired) electrons. The number of hydrogen-bond acceptors (Lipinski definition) is 7. The summed E-state index contributed by atoms with van der Waals surface area (Å²) in [6, 6.07) is 12.7. The normalized spacial score (nSPS) is 23.4. The average Bonchev–Trinajstić information content (AvgIpc) is 3.66. The van der Waals surface area contributed by atoms with Crippen LogP contribution in [0.5, 0.6) is 0 Å². The van der Waals surface area contributed by atoms with Crippen molar-refractivity contribution < 1.29 is 14.0 Å². The van der Waals surface area contributed by atoms with Crippen LogP contribution >= 0.6 is 11.3 Å². The van der Waals surface area contributed by atoms with Gasteiger partial charge < -0.3 is 10.2 Å². The standard InChI is InChI=1S/C33H36FN5O2S/c1-4-20(2)22-8-10-24(11-9-22)39-17-23-16-38(14-12-26(23)33(39)41)18-29-27(19-40)30(25-6-5-7-28(34)21(25)3)37-31(36-29)32-35-13-15-42-32/h5-11,13,15,19-20,23,26,30H,4,12,14,16-18H2,1-3H3,(H,36,37)/t20?,23?,26?,30-/m0/s1. The summed E-state index contributed by atoms with van der Waals surface area (Å²) in [6.07, 6.45) is 4.42. The molecule has 4 heterocycles. The maximum absolute atomic E-state index is 14.6. The highest BCUT2D eigenvalue weighted by atomic mass is 32.1. The minimum Gasteiger partial charge on any atom is -0.340 e. The van der Waals surface area contributed by atoms with Gasteiger partial charge in [-0.3, -0.25) is 19.5 Å². The number of aldehydes is 1. The van der Waals surface area contributed by atoms with Crippen molar-refractivity contribution in [1.82, 2.24) is 15.2 Å². The summed E-state index contributed by atoms with van der Waals surface area (Å²) in [4.78, 5) is 39.5. The second-order valence-corrected chi connectivity index (χ2v) is 12.5. The summed E-state index contributed by atoms with van der Waals surface area (Å²) in [7, 11) is 0. The van der Waals surface area contributed by atoms with E-state index in [9.17, 15) is 14.0 Å². The van der Waals surface area contributed by atoms with Gasteiger partial charge in [-0.25, -0.2) is 9.37 Å². The molecule has 3 aliphatic heterocycles. The first kappa shape index (κ1) is 28.4. The van der Waals surface area contributed by atoms with E-state index in [0.29, 0.717) is 46.6 Å². The lowest BCUT2D eigenvalue weighted by atomic mass is 9.87. The molecule has 2 saturated heterocycles. The SMILES string of the molecule is CCC(C)c1ccc(N2CC3CN(CC4=C(C=O)[C@H](c5cccc(F)c5C)N=C(c5nccs5)N4)CCC3C2=O)cc1. The minimum atomic E-state index is -0.632. The van der Waals surface area contributed by atoms with Gasteiger partial charge >= 0.3 is 0 Å². The minimum absolute atomic E-state index is 0.00413. The first-order valence-electron chi connectivity index (χ1n) is 14.7. The van der Waals surface area contributed by atoms with E-state index in [1.54, 1.807) is 19.2 Å². The van der Waals surface area contributed by atoms with Crippen LogP contribution in [-0.2, 0) is 9.59 Å². The van der Waals surface area contributed by atoms with Crippen molar-refractivity contribution in [3.63, 3.8) is 0 Å². The Morgan fingerprint density at radius 1 is 1.19 bits per heavy atom. The Labute approximate surface area is 250 Å². The van der Waals surface area contributed by atoms with E-state index in [1.807, 2.05) is 16.3 Å². The molecule has 3 aromatic rings. The predicted octanol–water partition coefficient (Wildman–Crippen LogP) is 5.63. The lowest BCUT2D eigenvalue weighted by molar-refractivity contribution is -0.122. The van der Waals surface area contributed by atoms with E-state index in [2.05, 4.69) is 53.3 Å². The van der Waals surface area contributed by atoms with Crippen molar-refractivity contribution in [2.45, 2.75) is 45.6 Å². The molecule has 0 saturated carbocycles. The zero-order valence-electron chi connectivity index (χ0n) is 24.2. The first-order valence-corrected chi connectivity index (χ1v) is 15.6. The van der Waals surface area contributed by atoms with Crippen molar-refractivity contribution in [1.29, 1.82) is 0 Å². The van der Waals surface area contributed by atoms with Crippen LogP contribution in [-0.4, -0.2) is 54.1 Å². The quantitative estimate of drug-likeness (QED) is 0.347. The molecule has 42 heavy (non-hydrogen) atoms. The van der Waals surface area contributed by atoms with Gasteiger partial charge in [0.1, 0.15) is 18.1 Å². The van der Waals surface area contributed by atoms with Crippen LogP contribution in [0.25, 0.3) is 0 Å². The summed E-state index contributed by atoms with van der Waals surface area (Å²) < 4.78 is 14.6. The van der Waals surface area contributed by atoms with E-state index >= 15 is 0 Å². The molecule has 0 bridgehead atoms.